The number of pyridine rings is 1. The van der Waals surface area contributed by atoms with Crippen LogP contribution in [0.1, 0.15) is 0 Å². The lowest BCUT2D eigenvalue weighted by Gasteiger charge is -2.01. The molecule has 1 aromatic carbocycles. The fraction of sp³-hybridized carbons (Fsp3) is 0. The van der Waals surface area contributed by atoms with Crippen LogP contribution in [0.15, 0.2) is 41.0 Å². The largest absolute Gasteiger partial charge is 0.508 e. The number of aromatic nitrogens is 4. The quantitative estimate of drug-likeness (QED) is 0.627. The number of rotatable bonds is 2. The van der Waals surface area contributed by atoms with Gasteiger partial charge < -0.3 is 10.2 Å². The van der Waals surface area contributed by atoms with Crippen molar-refractivity contribution in [3.8, 4) is 34.4 Å². The van der Waals surface area contributed by atoms with E-state index in [1.54, 1.807) is 12.3 Å². The van der Waals surface area contributed by atoms with Gasteiger partial charge in [-0.05, 0) is 46.3 Å². The summed E-state index contributed by atoms with van der Waals surface area (Å²) in [4.78, 5) is 8.47. The van der Waals surface area contributed by atoms with Crippen molar-refractivity contribution in [3.63, 3.8) is 0 Å². The lowest BCUT2D eigenvalue weighted by Crippen LogP contribution is -1.86. The van der Waals surface area contributed by atoms with Gasteiger partial charge in [-0.2, -0.15) is 5.10 Å². The monoisotopic (exact) mass is 332 g/mol. The zero-order valence-corrected chi connectivity index (χ0v) is 11.7. The van der Waals surface area contributed by atoms with Crippen LogP contribution in [-0.4, -0.2) is 30.4 Å². The maximum atomic E-state index is 9.80. The third kappa shape index (κ3) is 2.23. The topological polar surface area (TPSA) is 94.9 Å². The fourth-order valence-electron chi connectivity index (χ4n) is 1.75. The van der Waals surface area contributed by atoms with Crippen LogP contribution in [0.3, 0.4) is 0 Å². The number of hydrogen-bond acceptors (Lipinski definition) is 5. The first kappa shape index (κ1) is 12.6. The second kappa shape index (κ2) is 4.93. The first-order chi connectivity index (χ1) is 9.65. The third-order valence-electron chi connectivity index (χ3n) is 2.69. The van der Waals surface area contributed by atoms with Crippen LogP contribution in [0, 0.1) is 0 Å². The maximum Gasteiger partial charge on any atom is 0.201 e. The fourth-order valence-corrected chi connectivity index (χ4v) is 2.18. The highest BCUT2D eigenvalue weighted by Gasteiger charge is 2.14. The Morgan fingerprint density at radius 3 is 2.80 bits per heavy atom. The number of nitrogens with zero attached hydrogens (tertiary/aromatic N) is 3. The zero-order chi connectivity index (χ0) is 14.1. The Bertz CT molecular complexity index is 773. The number of halogens is 1. The summed E-state index contributed by atoms with van der Waals surface area (Å²) >= 11 is 3.38. The van der Waals surface area contributed by atoms with Crippen LogP contribution in [0.4, 0.5) is 0 Å². The van der Waals surface area contributed by atoms with Crippen molar-refractivity contribution < 1.29 is 10.2 Å². The number of hydrogen-bond donors (Lipinski definition) is 3. The van der Waals surface area contributed by atoms with Gasteiger partial charge in [0.2, 0.25) is 5.82 Å². The minimum atomic E-state index is 0.00517. The molecule has 0 aliphatic rings. The Hall–Kier alpha value is -2.41. The van der Waals surface area contributed by atoms with E-state index in [2.05, 4.69) is 36.1 Å². The van der Waals surface area contributed by atoms with E-state index in [-0.39, 0.29) is 11.5 Å². The van der Waals surface area contributed by atoms with Crippen molar-refractivity contribution >= 4 is 15.9 Å². The minimum absolute atomic E-state index is 0.00517. The van der Waals surface area contributed by atoms with Crippen molar-refractivity contribution in [2.45, 2.75) is 0 Å². The van der Waals surface area contributed by atoms with Gasteiger partial charge in [-0.1, -0.05) is 0 Å². The summed E-state index contributed by atoms with van der Waals surface area (Å²) in [6, 6.07) is 7.83. The van der Waals surface area contributed by atoms with Gasteiger partial charge in [-0.25, -0.2) is 4.98 Å². The molecule has 0 fully saturated rings. The normalized spacial score (nSPS) is 10.7. The van der Waals surface area contributed by atoms with E-state index in [0.717, 1.165) is 4.47 Å². The highest BCUT2D eigenvalue weighted by molar-refractivity contribution is 9.10. The summed E-state index contributed by atoms with van der Waals surface area (Å²) in [5.74, 6) is 0.793. The average Bonchev–Trinajstić information content (AvgIpc) is 2.91. The molecular formula is C13H9BrN4O2. The van der Waals surface area contributed by atoms with Crippen molar-refractivity contribution in [1.29, 1.82) is 0 Å². The van der Waals surface area contributed by atoms with E-state index < -0.39 is 0 Å². The predicted molar refractivity (Wildman–Crippen MR) is 76.1 cm³/mol. The summed E-state index contributed by atoms with van der Waals surface area (Å²) < 4.78 is 0.769. The zero-order valence-electron chi connectivity index (χ0n) is 10.1. The second-order valence-electron chi connectivity index (χ2n) is 4.04. The summed E-state index contributed by atoms with van der Waals surface area (Å²) in [7, 11) is 0. The molecule has 2 heterocycles. The molecule has 6 nitrogen and oxygen atoms in total. The number of benzene rings is 1. The molecule has 0 spiro atoms. The van der Waals surface area contributed by atoms with Gasteiger partial charge in [0.25, 0.3) is 0 Å². The number of phenolic OH excluding ortho intramolecular Hbond substituents is 2. The lowest BCUT2D eigenvalue weighted by molar-refractivity contribution is 0.461. The lowest BCUT2D eigenvalue weighted by atomic mass is 10.2. The van der Waals surface area contributed by atoms with Crippen molar-refractivity contribution in [1.82, 2.24) is 20.2 Å². The number of aromatic amines is 1. The van der Waals surface area contributed by atoms with E-state index in [1.165, 1.54) is 18.2 Å². The minimum Gasteiger partial charge on any atom is -0.508 e. The van der Waals surface area contributed by atoms with Gasteiger partial charge in [-0.15, -0.1) is 0 Å². The first-order valence-electron chi connectivity index (χ1n) is 5.71. The molecule has 0 saturated carbocycles. The summed E-state index contributed by atoms with van der Waals surface area (Å²) in [5.41, 5.74) is 0.963. The van der Waals surface area contributed by atoms with Crippen molar-refractivity contribution in [3.05, 3.63) is 41.0 Å². The Balaban J connectivity index is 2.07. The van der Waals surface area contributed by atoms with Crippen LogP contribution in [-0.2, 0) is 0 Å². The molecule has 0 unspecified atom stereocenters. The van der Waals surface area contributed by atoms with Gasteiger partial charge in [0.1, 0.15) is 17.2 Å². The summed E-state index contributed by atoms with van der Waals surface area (Å²) in [6.07, 6.45) is 1.64. The number of phenols is 2. The van der Waals surface area contributed by atoms with Crippen LogP contribution in [0.25, 0.3) is 22.9 Å². The molecule has 20 heavy (non-hydrogen) atoms. The smallest absolute Gasteiger partial charge is 0.201 e. The molecule has 0 radical (unpaired) electrons. The molecule has 100 valence electrons. The summed E-state index contributed by atoms with van der Waals surface area (Å²) in [6.45, 7) is 0. The molecule has 0 aliphatic heterocycles. The Morgan fingerprint density at radius 2 is 2.00 bits per heavy atom. The Kier molecular flexibility index (Phi) is 3.11. The van der Waals surface area contributed by atoms with E-state index in [4.69, 9.17) is 0 Å². The first-order valence-corrected chi connectivity index (χ1v) is 6.50. The molecular weight excluding hydrogens is 324 g/mol. The van der Waals surface area contributed by atoms with Gasteiger partial charge in [-0.3, -0.25) is 10.1 Å². The molecule has 7 heteroatoms. The van der Waals surface area contributed by atoms with Gasteiger partial charge >= 0.3 is 0 Å². The van der Waals surface area contributed by atoms with Gasteiger partial charge in [0.15, 0.2) is 5.82 Å². The van der Waals surface area contributed by atoms with E-state index in [0.29, 0.717) is 22.9 Å². The number of H-pyrrole nitrogens is 1. The number of aromatic hydroxyl groups is 2. The van der Waals surface area contributed by atoms with Gasteiger partial charge in [0, 0.05) is 10.7 Å². The van der Waals surface area contributed by atoms with Gasteiger partial charge in [0.05, 0.1) is 5.56 Å². The van der Waals surface area contributed by atoms with Crippen LogP contribution in [0.2, 0.25) is 0 Å². The molecule has 2 aromatic heterocycles. The average molecular weight is 333 g/mol. The van der Waals surface area contributed by atoms with Crippen LogP contribution < -0.4 is 0 Å². The number of nitrogens with one attached hydrogen (secondary N) is 1. The molecule has 0 aliphatic carbocycles. The van der Waals surface area contributed by atoms with Crippen LogP contribution >= 0.6 is 15.9 Å². The Labute approximate surface area is 122 Å². The Morgan fingerprint density at radius 1 is 1.15 bits per heavy atom. The molecule has 0 amide bonds. The maximum absolute atomic E-state index is 9.80. The van der Waals surface area contributed by atoms with Crippen molar-refractivity contribution in [2.75, 3.05) is 0 Å². The third-order valence-corrected chi connectivity index (χ3v) is 3.33. The highest BCUT2D eigenvalue weighted by Crippen LogP contribution is 2.31. The van der Waals surface area contributed by atoms with E-state index >= 15 is 0 Å². The SMILES string of the molecule is Oc1ccc(O)c(-c2nc(-c3ncccc3Br)n[nH]2)c1. The molecule has 3 aromatic rings. The summed E-state index contributed by atoms with van der Waals surface area (Å²) in [5, 5.41) is 26.1. The molecule has 0 atom stereocenters. The molecule has 0 saturated heterocycles. The van der Waals surface area contributed by atoms with Crippen molar-refractivity contribution in [2.24, 2.45) is 0 Å². The van der Waals surface area contributed by atoms with Crippen LogP contribution in [0.5, 0.6) is 11.5 Å². The molecule has 3 rings (SSSR count). The highest BCUT2D eigenvalue weighted by atomic mass is 79.9. The predicted octanol–water partition coefficient (Wildman–Crippen LogP) is 2.71. The standard InChI is InChI=1S/C13H9BrN4O2/c14-9-2-1-5-15-11(9)13-16-12(17-18-13)8-6-7(19)3-4-10(8)20/h1-6,19-20H,(H,16,17,18). The van der Waals surface area contributed by atoms with E-state index in [9.17, 15) is 10.2 Å². The molecule has 0 bridgehead atoms. The second-order valence-corrected chi connectivity index (χ2v) is 4.90. The van der Waals surface area contributed by atoms with E-state index in [1.807, 2.05) is 6.07 Å². The molecule has 3 N–H and O–H groups in total.